The molecule has 2 rings (SSSR count). The van der Waals surface area contributed by atoms with E-state index < -0.39 is 10.8 Å². The molecule has 6 nitrogen and oxygen atoms in total. The van der Waals surface area contributed by atoms with Crippen LogP contribution in [-0.4, -0.2) is 47.5 Å². The minimum Gasteiger partial charge on any atom is -0.493 e. The highest BCUT2D eigenvalue weighted by molar-refractivity contribution is 14.0. The normalized spacial score (nSPS) is 20.3. The van der Waals surface area contributed by atoms with E-state index in [1.807, 2.05) is 32.0 Å². The van der Waals surface area contributed by atoms with Crippen LogP contribution in [0.25, 0.3) is 0 Å². The van der Waals surface area contributed by atoms with Crippen LogP contribution >= 0.6 is 24.0 Å². The smallest absolute Gasteiger partial charge is 0.191 e. The van der Waals surface area contributed by atoms with Crippen LogP contribution < -0.4 is 20.1 Å². The van der Waals surface area contributed by atoms with Gasteiger partial charge in [0.05, 0.1) is 20.3 Å². The highest BCUT2D eigenvalue weighted by Crippen LogP contribution is 2.28. The number of nitrogens with zero attached hydrogens (tertiary/aromatic N) is 1. The summed E-state index contributed by atoms with van der Waals surface area (Å²) < 4.78 is 23.2. The van der Waals surface area contributed by atoms with Gasteiger partial charge >= 0.3 is 0 Å². The van der Waals surface area contributed by atoms with Gasteiger partial charge in [0.2, 0.25) is 0 Å². The molecule has 0 aromatic heterocycles. The van der Waals surface area contributed by atoms with Gasteiger partial charge in [-0.3, -0.25) is 4.21 Å². The molecule has 1 aromatic rings. The van der Waals surface area contributed by atoms with E-state index >= 15 is 0 Å². The van der Waals surface area contributed by atoms with Crippen LogP contribution in [0, 0.1) is 0 Å². The molecule has 1 aliphatic carbocycles. The minimum atomic E-state index is -0.720. The Kier molecular flexibility index (Phi) is 12.6. The SMILES string of the molecule is CCNC(=NCc1ccc(OCC)c(OC)c1)NC1CCCC(S(=O)CC)C1.I. The van der Waals surface area contributed by atoms with Gasteiger partial charge in [0, 0.05) is 34.4 Å². The molecular weight excluding hydrogens is 501 g/mol. The third kappa shape index (κ3) is 8.32. The molecule has 2 N–H and O–H groups in total. The van der Waals surface area contributed by atoms with Crippen molar-refractivity contribution in [2.24, 2.45) is 4.99 Å². The summed E-state index contributed by atoms with van der Waals surface area (Å²) >= 11 is 0. The minimum absolute atomic E-state index is 0. The summed E-state index contributed by atoms with van der Waals surface area (Å²) in [6.07, 6.45) is 4.22. The first-order valence-electron chi connectivity index (χ1n) is 10.3. The molecule has 1 fully saturated rings. The van der Waals surface area contributed by atoms with Crippen molar-refractivity contribution in [3.05, 3.63) is 23.8 Å². The number of hydrogen-bond donors (Lipinski definition) is 2. The number of methoxy groups -OCH3 is 1. The van der Waals surface area contributed by atoms with Crippen molar-refractivity contribution in [1.82, 2.24) is 10.6 Å². The zero-order valence-corrected chi connectivity index (χ0v) is 21.2. The van der Waals surface area contributed by atoms with Crippen LogP contribution in [0.2, 0.25) is 0 Å². The standard InChI is InChI=1S/C21H35N3O3S.HI/c1-5-22-21(24-17-9-8-10-18(14-17)28(25)7-3)23-15-16-11-12-19(27-6-2)20(13-16)26-4;/h11-13,17-18H,5-10,14-15H2,1-4H3,(H2,22,23,24);1H. The molecule has 29 heavy (non-hydrogen) atoms. The topological polar surface area (TPSA) is 72.0 Å². The number of halogens is 1. The molecule has 1 saturated carbocycles. The maximum Gasteiger partial charge on any atom is 0.191 e. The molecule has 1 aromatic carbocycles. The maximum atomic E-state index is 12.2. The fourth-order valence-electron chi connectivity index (χ4n) is 3.52. The van der Waals surface area contributed by atoms with Gasteiger partial charge in [-0.2, -0.15) is 0 Å². The van der Waals surface area contributed by atoms with Crippen molar-refractivity contribution >= 4 is 40.7 Å². The predicted octanol–water partition coefficient (Wildman–Crippen LogP) is 3.85. The molecule has 0 bridgehead atoms. The van der Waals surface area contributed by atoms with Crippen LogP contribution in [0.15, 0.2) is 23.2 Å². The van der Waals surface area contributed by atoms with E-state index in [0.717, 1.165) is 61.0 Å². The highest BCUT2D eigenvalue weighted by Gasteiger charge is 2.26. The second kappa shape index (κ2) is 14.1. The third-order valence-electron chi connectivity index (χ3n) is 4.92. The van der Waals surface area contributed by atoms with Crippen molar-refractivity contribution < 1.29 is 13.7 Å². The number of nitrogens with one attached hydrogen (secondary N) is 2. The number of ether oxygens (including phenoxy) is 2. The summed E-state index contributed by atoms with van der Waals surface area (Å²) in [5, 5.41) is 7.17. The van der Waals surface area contributed by atoms with E-state index in [1.165, 1.54) is 0 Å². The number of benzene rings is 1. The summed E-state index contributed by atoms with van der Waals surface area (Å²) in [7, 11) is 0.929. The lowest BCUT2D eigenvalue weighted by atomic mass is 9.95. The molecule has 0 aliphatic heterocycles. The molecule has 0 heterocycles. The second-order valence-corrected chi connectivity index (χ2v) is 8.92. The fourth-order valence-corrected chi connectivity index (χ4v) is 4.87. The van der Waals surface area contributed by atoms with E-state index in [4.69, 9.17) is 14.5 Å². The van der Waals surface area contributed by atoms with Crippen molar-refractivity contribution in [3.8, 4) is 11.5 Å². The Bertz CT molecular complexity index is 673. The van der Waals surface area contributed by atoms with Crippen molar-refractivity contribution in [1.29, 1.82) is 0 Å². The van der Waals surface area contributed by atoms with Gasteiger partial charge in [-0.1, -0.05) is 19.4 Å². The summed E-state index contributed by atoms with van der Waals surface area (Å²) in [5.74, 6) is 3.03. The molecule has 0 spiro atoms. The number of rotatable bonds is 9. The Labute approximate surface area is 195 Å². The second-order valence-electron chi connectivity index (χ2n) is 6.91. The summed E-state index contributed by atoms with van der Waals surface area (Å²) in [5.41, 5.74) is 1.06. The first-order valence-corrected chi connectivity index (χ1v) is 11.7. The van der Waals surface area contributed by atoms with Crippen molar-refractivity contribution in [3.63, 3.8) is 0 Å². The Hall–Kier alpha value is -1.03. The van der Waals surface area contributed by atoms with Gasteiger partial charge in [-0.15, -0.1) is 24.0 Å². The van der Waals surface area contributed by atoms with Gasteiger partial charge in [-0.05, 0) is 50.8 Å². The van der Waals surface area contributed by atoms with Crippen LogP contribution in [0.4, 0.5) is 0 Å². The Morgan fingerprint density at radius 3 is 2.69 bits per heavy atom. The molecule has 1 aliphatic rings. The van der Waals surface area contributed by atoms with Crippen LogP contribution in [0.1, 0.15) is 52.0 Å². The molecular formula is C21H36IN3O3S. The monoisotopic (exact) mass is 537 g/mol. The maximum absolute atomic E-state index is 12.2. The van der Waals surface area contributed by atoms with Crippen molar-refractivity contribution in [2.75, 3.05) is 26.0 Å². The first kappa shape index (κ1) is 26.0. The summed E-state index contributed by atoms with van der Waals surface area (Å²) in [6.45, 7) is 7.98. The molecule has 0 amide bonds. The first-order chi connectivity index (χ1) is 13.6. The average molecular weight is 538 g/mol. The zero-order chi connectivity index (χ0) is 20.4. The Balaban J connectivity index is 0.00000420. The van der Waals surface area contributed by atoms with Crippen LogP contribution in [0.5, 0.6) is 11.5 Å². The van der Waals surface area contributed by atoms with E-state index in [9.17, 15) is 4.21 Å². The third-order valence-corrected chi connectivity index (χ3v) is 6.66. The quantitative estimate of drug-likeness (QED) is 0.285. The van der Waals surface area contributed by atoms with Crippen LogP contribution in [0.3, 0.4) is 0 Å². The van der Waals surface area contributed by atoms with Gasteiger partial charge in [-0.25, -0.2) is 4.99 Å². The van der Waals surface area contributed by atoms with Crippen molar-refractivity contribution in [2.45, 2.75) is 64.3 Å². The predicted molar refractivity (Wildman–Crippen MR) is 132 cm³/mol. The Morgan fingerprint density at radius 2 is 2.03 bits per heavy atom. The number of hydrogen-bond acceptors (Lipinski definition) is 4. The average Bonchev–Trinajstić information content (AvgIpc) is 2.72. The lowest BCUT2D eigenvalue weighted by Gasteiger charge is -2.30. The molecule has 3 atom stereocenters. The lowest BCUT2D eigenvalue weighted by molar-refractivity contribution is 0.310. The van der Waals surface area contributed by atoms with Gasteiger partial charge in [0.1, 0.15) is 0 Å². The fraction of sp³-hybridized carbons (Fsp3) is 0.667. The summed E-state index contributed by atoms with van der Waals surface area (Å²) in [6, 6.07) is 6.24. The van der Waals surface area contributed by atoms with E-state index in [-0.39, 0.29) is 24.0 Å². The highest BCUT2D eigenvalue weighted by atomic mass is 127. The molecule has 166 valence electrons. The number of aliphatic imine (C=N–C) groups is 1. The number of guanidine groups is 1. The van der Waals surface area contributed by atoms with E-state index in [2.05, 4.69) is 17.6 Å². The Morgan fingerprint density at radius 1 is 1.24 bits per heavy atom. The van der Waals surface area contributed by atoms with Gasteiger partial charge in [0.25, 0.3) is 0 Å². The summed E-state index contributed by atoms with van der Waals surface area (Å²) in [4.78, 5) is 4.74. The van der Waals surface area contributed by atoms with Crippen LogP contribution in [-0.2, 0) is 17.3 Å². The molecule has 0 radical (unpaired) electrons. The molecule has 3 unspecified atom stereocenters. The largest absolute Gasteiger partial charge is 0.493 e. The van der Waals surface area contributed by atoms with Gasteiger partial charge < -0.3 is 20.1 Å². The van der Waals surface area contributed by atoms with E-state index in [0.29, 0.717) is 24.4 Å². The molecule has 0 saturated heterocycles. The zero-order valence-electron chi connectivity index (χ0n) is 18.0. The lowest BCUT2D eigenvalue weighted by Crippen LogP contribution is -2.46. The van der Waals surface area contributed by atoms with Gasteiger partial charge in [0.15, 0.2) is 17.5 Å². The van der Waals surface area contributed by atoms with E-state index in [1.54, 1.807) is 7.11 Å². The molecule has 8 heteroatoms.